The summed E-state index contributed by atoms with van der Waals surface area (Å²) in [4.78, 5) is 1.86. The number of nitrogens with zero attached hydrogens (tertiary/aromatic N) is 2. The fraction of sp³-hybridized carbons (Fsp3) is 0.406. The lowest BCUT2D eigenvalue weighted by Crippen LogP contribution is -2.32. The molecular weight excluding hydrogens is 572 g/mol. The van der Waals surface area contributed by atoms with Crippen LogP contribution >= 0.6 is 0 Å². The number of hydrogen-bond acceptors (Lipinski definition) is 5. The van der Waals surface area contributed by atoms with Crippen LogP contribution in [0.5, 0.6) is 0 Å². The van der Waals surface area contributed by atoms with Gasteiger partial charge in [-0.15, -0.1) is 0 Å². The maximum Gasteiger partial charge on any atom is 0.294 e. The molecule has 2 N–H and O–H groups in total. The molecule has 4 rings (SSSR count). The smallest absolute Gasteiger partial charge is 0.294 e. The van der Waals surface area contributed by atoms with Crippen LogP contribution in [0.4, 0.5) is 11.4 Å². The van der Waals surface area contributed by atoms with Crippen LogP contribution in [-0.4, -0.2) is 50.3 Å². The average Bonchev–Trinajstić information content (AvgIpc) is 3.27. The highest BCUT2D eigenvalue weighted by molar-refractivity contribution is 7.86. The van der Waals surface area contributed by atoms with Gasteiger partial charge < -0.3 is 4.90 Å². The molecule has 0 saturated carbocycles. The van der Waals surface area contributed by atoms with Crippen molar-refractivity contribution >= 4 is 37.3 Å². The highest BCUT2D eigenvalue weighted by Gasteiger charge is 2.47. The molecule has 0 spiro atoms. The summed E-state index contributed by atoms with van der Waals surface area (Å²) in [5, 5.41) is 0. The SMILES string of the molecule is CCCC1(C)C(C=CC=CC=C2N(C)c3ccc(S(=O)(=O)O)cc3C2(C)C(C)CC)=[N+](C)c2ccc(S(=O)(=O)O)cc21. The number of allylic oxidation sites excluding steroid dienone is 6. The minimum atomic E-state index is -4.33. The van der Waals surface area contributed by atoms with Crippen molar-refractivity contribution in [3.8, 4) is 0 Å². The summed E-state index contributed by atoms with van der Waals surface area (Å²) in [6.45, 7) is 10.6. The summed E-state index contributed by atoms with van der Waals surface area (Å²) in [7, 11) is -4.73. The number of anilines is 1. The standard InChI is InChI=1S/C32H40N2O6S2/c1-8-19-31(4)25-20-23(41(35,36)37)15-17-27(25)33(6)29(31)13-11-10-12-14-30-32(5,22(3)9-2)26-21-24(42(38,39)40)16-18-28(26)34(30)7/h10-18,20-22H,8-9,19H2,1-7H3,(H-,35,36,37,38,39,40)/p+1. The molecule has 3 unspecified atom stereocenters. The molecule has 0 aliphatic carbocycles. The van der Waals surface area contributed by atoms with E-state index in [0.29, 0.717) is 0 Å². The summed E-state index contributed by atoms with van der Waals surface area (Å²) in [5.74, 6) is 0.191. The second-order valence-corrected chi connectivity index (χ2v) is 14.5. The fourth-order valence-electron chi connectivity index (χ4n) is 6.68. The number of rotatable bonds is 9. The highest BCUT2D eigenvalue weighted by Crippen LogP contribution is 2.52. The van der Waals surface area contributed by atoms with E-state index in [2.05, 4.69) is 44.1 Å². The number of hydrogen-bond donors (Lipinski definition) is 2. The molecule has 226 valence electrons. The van der Waals surface area contributed by atoms with Crippen molar-refractivity contribution in [2.45, 2.75) is 74.5 Å². The first-order chi connectivity index (χ1) is 19.5. The molecule has 8 nitrogen and oxygen atoms in total. The summed E-state index contributed by atoms with van der Waals surface area (Å²) in [6, 6.07) is 9.51. The van der Waals surface area contributed by atoms with E-state index >= 15 is 0 Å². The van der Waals surface area contributed by atoms with Crippen LogP contribution in [0, 0.1) is 5.92 Å². The molecule has 2 heterocycles. The fourth-order valence-corrected chi connectivity index (χ4v) is 7.69. The molecule has 0 aromatic heterocycles. The highest BCUT2D eigenvalue weighted by atomic mass is 32.2. The average molecular weight is 614 g/mol. The molecular formula is C32H41N2O6S2+. The second-order valence-electron chi connectivity index (χ2n) is 11.7. The molecule has 0 saturated heterocycles. The van der Waals surface area contributed by atoms with E-state index in [1.54, 1.807) is 24.3 Å². The van der Waals surface area contributed by atoms with Gasteiger partial charge >= 0.3 is 0 Å². The third-order valence-electron chi connectivity index (χ3n) is 9.31. The van der Waals surface area contributed by atoms with E-state index in [1.807, 2.05) is 44.5 Å². The van der Waals surface area contributed by atoms with Crippen LogP contribution in [0.2, 0.25) is 0 Å². The Bertz CT molecular complexity index is 1750. The number of benzene rings is 2. The maximum absolute atomic E-state index is 11.9. The summed E-state index contributed by atoms with van der Waals surface area (Å²) < 4.78 is 68.9. The van der Waals surface area contributed by atoms with Gasteiger partial charge in [-0.1, -0.05) is 51.8 Å². The van der Waals surface area contributed by atoms with Gasteiger partial charge in [-0.25, -0.2) is 0 Å². The van der Waals surface area contributed by atoms with E-state index in [9.17, 15) is 25.9 Å². The van der Waals surface area contributed by atoms with Gasteiger partial charge in [0.2, 0.25) is 5.69 Å². The molecule has 2 aromatic carbocycles. The van der Waals surface area contributed by atoms with Gasteiger partial charge in [0.1, 0.15) is 7.05 Å². The zero-order valence-electron chi connectivity index (χ0n) is 25.3. The van der Waals surface area contributed by atoms with Gasteiger partial charge in [-0.05, 0) is 68.2 Å². The lowest BCUT2D eigenvalue weighted by atomic mass is 9.70. The Morgan fingerprint density at radius 2 is 1.52 bits per heavy atom. The van der Waals surface area contributed by atoms with Crippen molar-refractivity contribution in [2.75, 3.05) is 19.0 Å². The second kappa shape index (κ2) is 11.2. The summed E-state index contributed by atoms with van der Waals surface area (Å²) in [6.07, 6.45) is 12.5. The predicted molar refractivity (Wildman–Crippen MR) is 167 cm³/mol. The molecule has 3 atom stereocenters. The van der Waals surface area contributed by atoms with Crippen molar-refractivity contribution in [3.63, 3.8) is 0 Å². The van der Waals surface area contributed by atoms with E-state index in [0.717, 1.165) is 53.2 Å². The third kappa shape index (κ3) is 5.30. The number of fused-ring (bicyclic) bond motifs is 2. The van der Waals surface area contributed by atoms with Crippen molar-refractivity contribution in [3.05, 3.63) is 83.6 Å². The molecule has 2 aromatic rings. The monoisotopic (exact) mass is 613 g/mol. The van der Waals surface area contributed by atoms with Crippen LogP contribution in [0.25, 0.3) is 0 Å². The van der Waals surface area contributed by atoms with Crippen LogP contribution in [-0.2, 0) is 31.1 Å². The quantitative estimate of drug-likeness (QED) is 0.191. The van der Waals surface area contributed by atoms with Gasteiger partial charge in [0.15, 0.2) is 5.71 Å². The summed E-state index contributed by atoms with van der Waals surface area (Å²) >= 11 is 0. The minimum Gasteiger partial charge on any atom is -0.347 e. The molecule has 0 bridgehead atoms. The minimum absolute atomic E-state index is 0.108. The first-order valence-electron chi connectivity index (χ1n) is 14.2. The molecule has 0 fully saturated rings. The van der Waals surface area contributed by atoms with Gasteiger partial charge in [-0.3, -0.25) is 9.11 Å². The normalized spacial score (nSPS) is 24.3. The molecule has 10 heteroatoms. The molecule has 2 aliphatic rings. The van der Waals surface area contributed by atoms with Crippen LogP contribution in [0.1, 0.15) is 65.0 Å². The van der Waals surface area contributed by atoms with E-state index in [4.69, 9.17) is 0 Å². The Balaban J connectivity index is 1.70. The first kappa shape index (κ1) is 31.9. The largest absolute Gasteiger partial charge is 0.347 e. The van der Waals surface area contributed by atoms with Gasteiger partial charge in [-0.2, -0.15) is 21.4 Å². The number of likely N-dealkylation sites (N-methyl/N-ethyl adjacent to an activating group) is 1. The van der Waals surface area contributed by atoms with Crippen molar-refractivity contribution in [2.24, 2.45) is 5.92 Å². The van der Waals surface area contributed by atoms with E-state index < -0.39 is 31.1 Å². The van der Waals surface area contributed by atoms with Crippen LogP contribution in [0.3, 0.4) is 0 Å². The zero-order valence-corrected chi connectivity index (χ0v) is 26.9. The Labute approximate surface area is 250 Å². The van der Waals surface area contributed by atoms with Gasteiger partial charge in [0.25, 0.3) is 20.2 Å². The Morgan fingerprint density at radius 3 is 2.10 bits per heavy atom. The Hall–Kier alpha value is -3.05. The Morgan fingerprint density at radius 1 is 0.929 bits per heavy atom. The van der Waals surface area contributed by atoms with Crippen molar-refractivity contribution in [1.82, 2.24) is 0 Å². The molecule has 0 amide bonds. The van der Waals surface area contributed by atoms with E-state index in [-0.39, 0.29) is 15.7 Å². The molecule has 42 heavy (non-hydrogen) atoms. The zero-order chi connectivity index (χ0) is 31.3. The predicted octanol–water partition coefficient (Wildman–Crippen LogP) is 6.42. The van der Waals surface area contributed by atoms with E-state index in [1.165, 1.54) is 12.1 Å². The molecule has 2 aliphatic heterocycles. The van der Waals surface area contributed by atoms with Crippen LogP contribution in [0.15, 0.2) is 82.3 Å². The van der Waals surface area contributed by atoms with Gasteiger partial charge in [0, 0.05) is 41.6 Å². The first-order valence-corrected chi connectivity index (χ1v) is 17.0. The topological polar surface area (TPSA) is 115 Å². The van der Waals surface area contributed by atoms with Crippen LogP contribution < -0.4 is 4.90 Å². The lowest BCUT2D eigenvalue weighted by Gasteiger charge is -2.34. The van der Waals surface area contributed by atoms with Crippen molar-refractivity contribution in [1.29, 1.82) is 0 Å². The van der Waals surface area contributed by atoms with Crippen molar-refractivity contribution < 1.29 is 30.5 Å². The lowest BCUT2D eigenvalue weighted by molar-refractivity contribution is -0.401. The third-order valence-corrected chi connectivity index (χ3v) is 11.0. The maximum atomic E-state index is 11.9. The summed E-state index contributed by atoms with van der Waals surface area (Å²) in [5.41, 5.74) is 4.68. The van der Waals surface area contributed by atoms with Gasteiger partial charge in [0.05, 0.1) is 15.2 Å². The molecule has 0 radical (unpaired) electrons. The Kier molecular flexibility index (Phi) is 8.52.